The van der Waals surface area contributed by atoms with E-state index in [1.54, 1.807) is 36.4 Å². The first-order valence-electron chi connectivity index (χ1n) is 25.8. The zero-order valence-electron chi connectivity index (χ0n) is 42.5. The van der Waals surface area contributed by atoms with Crippen LogP contribution in [0.1, 0.15) is 135 Å². The summed E-state index contributed by atoms with van der Waals surface area (Å²) in [5.74, 6) is -2.46. The Labute approximate surface area is 413 Å². The fraction of sp³-hybridized carbons (Fsp3) is 0.630. The minimum atomic E-state index is -0.825. The van der Waals surface area contributed by atoms with Gasteiger partial charge in [0.2, 0.25) is 23.6 Å². The molecule has 0 spiro atoms. The number of hydrogen-bond acceptors (Lipinski definition) is 8. The van der Waals surface area contributed by atoms with Gasteiger partial charge in [0, 0.05) is 74.6 Å². The number of rotatable bonds is 8. The van der Waals surface area contributed by atoms with Crippen LogP contribution in [0.3, 0.4) is 0 Å². The summed E-state index contributed by atoms with van der Waals surface area (Å²) in [7, 11) is 0. The predicted molar refractivity (Wildman–Crippen MR) is 265 cm³/mol. The Balaban J connectivity index is 1.18. The van der Waals surface area contributed by atoms with E-state index in [9.17, 15) is 38.4 Å². The minimum Gasteiger partial charge on any atom is -0.340 e. The third-order valence-electron chi connectivity index (χ3n) is 14.4. The molecule has 380 valence electrons. The first-order chi connectivity index (χ1) is 33.2. The highest BCUT2D eigenvalue weighted by Crippen LogP contribution is 2.32. The van der Waals surface area contributed by atoms with Gasteiger partial charge in [0.05, 0.1) is 0 Å². The lowest BCUT2D eigenvalue weighted by Gasteiger charge is -2.47. The van der Waals surface area contributed by atoms with Crippen LogP contribution in [0, 0.1) is 47.3 Å². The second kappa shape index (κ2) is 22.5. The number of carbonyl (C=O) groups excluding carboxylic acids is 8. The standard InChI is InChI=1S/C54H76N8O8/c1-31(2)15-43-51(67)59-23-35-19-36(24-59)26-60(25-35)52(68)44(16-32(3)4)57-49(65)41-13-10-14-42(22-41)50(66)58-46(18-34(7)8)54(70)62-29-37-20-38(30-62)28-61(27-37)53(69)45(17-33(5)6)56-48(64)40-12-9-11-39(21-40)47(63)55-43/h9-14,21-22,31-38,43-46H,15-20,23-30H2,1-8H3,(H,55,63)(H,56,64)(H,57,65)(H,58,66)/t35?,36?,37?,38?,43-,44-,45-,46-/m0/s1. The average Bonchev–Trinajstić information content (AvgIpc) is 3.30. The Bertz CT molecular complexity index is 1970. The molecule has 70 heavy (non-hydrogen) atoms. The van der Waals surface area contributed by atoms with Crippen LogP contribution in [0.15, 0.2) is 48.5 Å². The van der Waals surface area contributed by atoms with Crippen molar-refractivity contribution < 1.29 is 38.4 Å². The molecule has 0 unspecified atom stereocenters. The lowest BCUT2D eigenvalue weighted by molar-refractivity contribution is -0.144. The van der Waals surface area contributed by atoms with Crippen molar-refractivity contribution in [1.82, 2.24) is 40.9 Å². The number of hydrogen-bond donors (Lipinski definition) is 4. The molecule has 0 aromatic heterocycles. The summed E-state index contributed by atoms with van der Waals surface area (Å²) in [5, 5.41) is 12.0. The predicted octanol–water partition coefficient (Wildman–Crippen LogP) is 4.59. The Morgan fingerprint density at radius 3 is 0.757 bits per heavy atom. The lowest BCUT2D eigenvalue weighted by Crippen LogP contribution is -2.60. The molecule has 0 aliphatic carbocycles. The first-order valence-corrected chi connectivity index (χ1v) is 25.8. The number of amides is 8. The Kier molecular flexibility index (Phi) is 16.7. The molecule has 16 heteroatoms. The molecule has 10 rings (SSSR count). The number of carbonyl (C=O) groups is 8. The van der Waals surface area contributed by atoms with Gasteiger partial charge in [0.1, 0.15) is 24.2 Å². The van der Waals surface area contributed by atoms with Crippen molar-refractivity contribution in [3.63, 3.8) is 0 Å². The maximum atomic E-state index is 14.4. The molecule has 2 aromatic carbocycles. The maximum absolute atomic E-state index is 14.4. The van der Waals surface area contributed by atoms with Gasteiger partial charge in [-0.1, -0.05) is 67.5 Å². The number of piperidine rings is 4. The van der Waals surface area contributed by atoms with E-state index < -0.39 is 47.8 Å². The maximum Gasteiger partial charge on any atom is 0.251 e. The number of nitrogens with zero attached hydrogens (tertiary/aromatic N) is 4. The third kappa shape index (κ3) is 12.9. The van der Waals surface area contributed by atoms with Gasteiger partial charge in [-0.2, -0.15) is 0 Å². The molecular formula is C54H76N8O8. The van der Waals surface area contributed by atoms with Crippen LogP contribution in [0.2, 0.25) is 0 Å². The van der Waals surface area contributed by atoms with Crippen LogP contribution >= 0.6 is 0 Å². The Hall–Kier alpha value is -5.80. The Morgan fingerprint density at radius 1 is 0.371 bits per heavy atom. The third-order valence-corrected chi connectivity index (χ3v) is 14.4. The molecule has 4 saturated heterocycles. The van der Waals surface area contributed by atoms with E-state index in [1.807, 2.05) is 75.0 Å². The van der Waals surface area contributed by atoms with E-state index in [-0.39, 0.29) is 93.2 Å². The Morgan fingerprint density at radius 2 is 0.571 bits per heavy atom. The molecule has 8 aliphatic heterocycles. The van der Waals surface area contributed by atoms with Crippen molar-refractivity contribution in [2.45, 2.75) is 118 Å². The zero-order valence-corrected chi connectivity index (χ0v) is 42.5. The highest BCUT2D eigenvalue weighted by molar-refractivity contribution is 6.03. The van der Waals surface area contributed by atoms with Crippen LogP contribution in [-0.2, 0) is 19.2 Å². The van der Waals surface area contributed by atoms with Gasteiger partial charge in [0.25, 0.3) is 23.6 Å². The summed E-state index contributed by atoms with van der Waals surface area (Å²) in [6, 6.07) is 9.36. The molecule has 8 aliphatic rings. The van der Waals surface area contributed by atoms with Crippen molar-refractivity contribution in [3.05, 3.63) is 70.8 Å². The number of nitrogens with one attached hydrogen (secondary N) is 4. The molecule has 16 nitrogen and oxygen atoms in total. The zero-order chi connectivity index (χ0) is 50.6. The van der Waals surface area contributed by atoms with Crippen LogP contribution in [0.25, 0.3) is 0 Å². The summed E-state index contributed by atoms with van der Waals surface area (Å²) in [6.45, 7) is 19.2. The smallest absolute Gasteiger partial charge is 0.251 e. The molecule has 0 radical (unpaired) electrons. The van der Waals surface area contributed by atoms with Crippen molar-refractivity contribution in [1.29, 1.82) is 0 Å². The van der Waals surface area contributed by atoms with Gasteiger partial charge in [-0.25, -0.2) is 0 Å². The number of benzene rings is 2. The van der Waals surface area contributed by atoms with Crippen LogP contribution in [0.4, 0.5) is 0 Å². The molecule has 0 saturated carbocycles. The van der Waals surface area contributed by atoms with E-state index in [2.05, 4.69) is 21.3 Å². The highest BCUT2D eigenvalue weighted by atomic mass is 16.2. The molecule has 4 atom stereocenters. The van der Waals surface area contributed by atoms with E-state index >= 15 is 0 Å². The SMILES string of the molecule is CC(C)C[C@@H]1NC(=O)c2cccc(c2)C(=O)N[C@@H](CC(C)C)C(=O)N2CC3CC(C2)CN(C3)C(=O)[C@H](CC(C)C)NC(=O)c2cccc(c2)C(=O)N[C@@H](CC(C)C)C(=O)N2CC3CC(CN(C3)C1=O)C2. The quantitative estimate of drug-likeness (QED) is 0.295. The molecule has 12 bridgehead atoms. The monoisotopic (exact) mass is 965 g/mol. The summed E-state index contributed by atoms with van der Waals surface area (Å²) >= 11 is 0. The van der Waals surface area contributed by atoms with E-state index in [0.29, 0.717) is 78.0 Å². The van der Waals surface area contributed by atoms with E-state index in [0.717, 1.165) is 12.8 Å². The van der Waals surface area contributed by atoms with E-state index in [4.69, 9.17) is 0 Å². The van der Waals surface area contributed by atoms with Crippen molar-refractivity contribution >= 4 is 47.3 Å². The molecule has 4 N–H and O–H groups in total. The fourth-order valence-electron chi connectivity index (χ4n) is 11.5. The van der Waals surface area contributed by atoms with Crippen molar-refractivity contribution in [3.8, 4) is 0 Å². The topological polar surface area (TPSA) is 198 Å². The van der Waals surface area contributed by atoms with Gasteiger partial charge in [-0.15, -0.1) is 0 Å². The molecule has 8 amide bonds. The normalized spacial score (nSPS) is 27.6. The second-order valence-corrected chi connectivity index (χ2v) is 22.7. The first kappa shape index (κ1) is 52.0. The molecule has 4 fully saturated rings. The molecular weight excluding hydrogens is 889 g/mol. The van der Waals surface area contributed by atoms with Gasteiger partial charge >= 0.3 is 0 Å². The van der Waals surface area contributed by atoms with Gasteiger partial charge < -0.3 is 40.9 Å². The van der Waals surface area contributed by atoms with Gasteiger partial charge in [0.15, 0.2) is 0 Å². The van der Waals surface area contributed by atoms with Gasteiger partial charge in [-0.3, -0.25) is 38.4 Å². The summed E-state index contributed by atoms with van der Waals surface area (Å²) in [5.41, 5.74) is 0.854. The van der Waals surface area contributed by atoms with Crippen molar-refractivity contribution in [2.24, 2.45) is 47.3 Å². The molecule has 2 aromatic rings. The second-order valence-electron chi connectivity index (χ2n) is 22.7. The minimum absolute atomic E-state index is 0.0118. The summed E-state index contributed by atoms with van der Waals surface area (Å²) < 4.78 is 0. The van der Waals surface area contributed by atoms with Crippen LogP contribution < -0.4 is 21.3 Å². The summed E-state index contributed by atoms with van der Waals surface area (Å²) in [6.07, 6.45) is 3.27. The van der Waals surface area contributed by atoms with Crippen LogP contribution in [-0.4, -0.2) is 143 Å². The average molecular weight is 965 g/mol. The largest absolute Gasteiger partial charge is 0.340 e. The highest BCUT2D eigenvalue weighted by Gasteiger charge is 2.43. The van der Waals surface area contributed by atoms with Gasteiger partial charge in [-0.05, 0) is 122 Å². The molecule has 8 heterocycles. The summed E-state index contributed by atoms with van der Waals surface area (Å²) in [4.78, 5) is 121. The van der Waals surface area contributed by atoms with E-state index in [1.165, 1.54) is 12.1 Å². The van der Waals surface area contributed by atoms with Crippen LogP contribution in [0.5, 0.6) is 0 Å². The van der Waals surface area contributed by atoms with Crippen molar-refractivity contribution in [2.75, 3.05) is 52.4 Å². The lowest BCUT2D eigenvalue weighted by atomic mass is 9.83. The fourth-order valence-corrected chi connectivity index (χ4v) is 11.5.